The molecular formula is C12H19N3. The van der Waals surface area contributed by atoms with Gasteiger partial charge in [-0.15, -0.1) is 0 Å². The number of hydrogen-bond acceptors (Lipinski definition) is 3. The molecule has 0 unspecified atom stereocenters. The molecule has 1 fully saturated rings. The van der Waals surface area contributed by atoms with Gasteiger partial charge >= 0.3 is 0 Å². The number of rotatable bonds is 3. The van der Waals surface area contributed by atoms with Crippen LogP contribution in [0, 0.1) is 0 Å². The standard InChI is InChI=1S/C12H19N3/c1-2-7-15-8-5-11(13)12(15)10-4-3-6-14-9-10/h3-4,6,9,11-12H,2,5,7-8,13H2,1H3/t11-,12+/m0/s1. The second kappa shape index (κ2) is 4.73. The van der Waals surface area contributed by atoms with Crippen molar-refractivity contribution in [2.24, 2.45) is 5.73 Å². The highest BCUT2D eigenvalue weighted by Crippen LogP contribution is 2.30. The summed E-state index contributed by atoms with van der Waals surface area (Å²) in [6.07, 6.45) is 6.04. The monoisotopic (exact) mass is 205 g/mol. The van der Waals surface area contributed by atoms with Gasteiger partial charge in [-0.2, -0.15) is 0 Å². The van der Waals surface area contributed by atoms with Gasteiger partial charge in [-0.05, 0) is 31.0 Å². The van der Waals surface area contributed by atoms with Crippen molar-refractivity contribution < 1.29 is 0 Å². The quantitative estimate of drug-likeness (QED) is 0.814. The van der Waals surface area contributed by atoms with Crippen LogP contribution in [0.25, 0.3) is 0 Å². The minimum atomic E-state index is 0.265. The molecule has 0 spiro atoms. The van der Waals surface area contributed by atoms with E-state index >= 15 is 0 Å². The lowest BCUT2D eigenvalue weighted by Crippen LogP contribution is -2.32. The smallest absolute Gasteiger partial charge is 0.0514 e. The third kappa shape index (κ3) is 2.19. The van der Waals surface area contributed by atoms with E-state index in [1.54, 1.807) is 0 Å². The van der Waals surface area contributed by atoms with Gasteiger partial charge in [-0.1, -0.05) is 13.0 Å². The van der Waals surface area contributed by atoms with Gasteiger partial charge in [0.25, 0.3) is 0 Å². The van der Waals surface area contributed by atoms with Crippen LogP contribution in [0.15, 0.2) is 24.5 Å². The van der Waals surface area contributed by atoms with Crippen molar-refractivity contribution in [3.05, 3.63) is 30.1 Å². The second-order valence-corrected chi connectivity index (χ2v) is 4.22. The Morgan fingerprint density at radius 2 is 2.47 bits per heavy atom. The SMILES string of the molecule is CCCN1CC[C@H](N)[C@H]1c1cccnc1. The zero-order chi connectivity index (χ0) is 10.7. The van der Waals surface area contributed by atoms with Gasteiger partial charge in [0.1, 0.15) is 0 Å². The lowest BCUT2D eigenvalue weighted by atomic mass is 10.0. The maximum atomic E-state index is 6.16. The van der Waals surface area contributed by atoms with Crippen molar-refractivity contribution in [1.82, 2.24) is 9.88 Å². The van der Waals surface area contributed by atoms with E-state index in [1.807, 2.05) is 18.5 Å². The minimum Gasteiger partial charge on any atom is -0.326 e. The predicted octanol–water partition coefficient (Wildman–Crippen LogP) is 1.57. The van der Waals surface area contributed by atoms with Crippen LogP contribution in [-0.4, -0.2) is 29.0 Å². The highest BCUT2D eigenvalue weighted by atomic mass is 15.2. The van der Waals surface area contributed by atoms with Crippen LogP contribution in [0.4, 0.5) is 0 Å². The second-order valence-electron chi connectivity index (χ2n) is 4.22. The fourth-order valence-electron chi connectivity index (χ4n) is 2.43. The highest BCUT2D eigenvalue weighted by molar-refractivity contribution is 5.18. The number of nitrogens with two attached hydrogens (primary N) is 1. The lowest BCUT2D eigenvalue weighted by molar-refractivity contribution is 0.248. The van der Waals surface area contributed by atoms with E-state index in [0.29, 0.717) is 6.04 Å². The summed E-state index contributed by atoms with van der Waals surface area (Å²) in [7, 11) is 0. The van der Waals surface area contributed by atoms with Crippen LogP contribution in [0.1, 0.15) is 31.4 Å². The zero-order valence-corrected chi connectivity index (χ0v) is 9.26. The fourth-order valence-corrected chi connectivity index (χ4v) is 2.43. The van der Waals surface area contributed by atoms with Crippen LogP contribution >= 0.6 is 0 Å². The molecule has 82 valence electrons. The van der Waals surface area contributed by atoms with E-state index < -0.39 is 0 Å². The first-order valence-electron chi connectivity index (χ1n) is 5.72. The molecule has 1 aromatic rings. The molecule has 0 aromatic carbocycles. The Morgan fingerprint density at radius 3 is 3.13 bits per heavy atom. The topological polar surface area (TPSA) is 42.1 Å². The predicted molar refractivity (Wildman–Crippen MR) is 61.4 cm³/mol. The maximum absolute atomic E-state index is 6.16. The third-order valence-electron chi connectivity index (χ3n) is 3.09. The maximum Gasteiger partial charge on any atom is 0.0514 e. The third-order valence-corrected chi connectivity index (χ3v) is 3.09. The van der Waals surface area contributed by atoms with Gasteiger partial charge in [0.15, 0.2) is 0 Å². The van der Waals surface area contributed by atoms with Crippen molar-refractivity contribution in [3.63, 3.8) is 0 Å². The average Bonchev–Trinajstić information content (AvgIpc) is 2.62. The molecule has 0 aliphatic carbocycles. The summed E-state index contributed by atoms with van der Waals surface area (Å²) in [4.78, 5) is 6.65. The molecule has 1 aliphatic rings. The number of hydrogen-bond donors (Lipinski definition) is 1. The Hall–Kier alpha value is -0.930. The van der Waals surface area contributed by atoms with Crippen LogP contribution in [0.5, 0.6) is 0 Å². The molecule has 2 N–H and O–H groups in total. The number of pyridine rings is 1. The molecule has 15 heavy (non-hydrogen) atoms. The van der Waals surface area contributed by atoms with Gasteiger partial charge in [-0.3, -0.25) is 9.88 Å². The Morgan fingerprint density at radius 1 is 1.60 bits per heavy atom. The Bertz CT molecular complexity index is 297. The van der Waals surface area contributed by atoms with Gasteiger partial charge in [-0.25, -0.2) is 0 Å². The number of aromatic nitrogens is 1. The lowest BCUT2D eigenvalue weighted by Gasteiger charge is -2.26. The normalized spacial score (nSPS) is 27.1. The molecule has 3 heteroatoms. The zero-order valence-electron chi connectivity index (χ0n) is 9.26. The van der Waals surface area contributed by atoms with Crippen molar-refractivity contribution in [2.75, 3.05) is 13.1 Å². The molecule has 0 bridgehead atoms. The van der Waals surface area contributed by atoms with E-state index in [4.69, 9.17) is 5.73 Å². The summed E-state index contributed by atoms with van der Waals surface area (Å²) in [5, 5.41) is 0. The van der Waals surface area contributed by atoms with Crippen molar-refractivity contribution in [3.8, 4) is 0 Å². The molecule has 1 saturated heterocycles. The van der Waals surface area contributed by atoms with Crippen LogP contribution in [0.2, 0.25) is 0 Å². The summed E-state index contributed by atoms with van der Waals surface area (Å²) >= 11 is 0. The molecule has 1 aliphatic heterocycles. The number of nitrogens with zero attached hydrogens (tertiary/aromatic N) is 2. The summed E-state index contributed by atoms with van der Waals surface area (Å²) in [6, 6.07) is 4.76. The van der Waals surface area contributed by atoms with Gasteiger partial charge < -0.3 is 5.73 Å². The first kappa shape index (κ1) is 10.6. The van der Waals surface area contributed by atoms with Crippen molar-refractivity contribution in [2.45, 2.75) is 31.8 Å². The van der Waals surface area contributed by atoms with E-state index in [-0.39, 0.29) is 6.04 Å². The van der Waals surface area contributed by atoms with E-state index in [2.05, 4.69) is 22.9 Å². The number of likely N-dealkylation sites (tertiary alicyclic amines) is 1. The van der Waals surface area contributed by atoms with Crippen LogP contribution in [0.3, 0.4) is 0 Å². The molecule has 3 nitrogen and oxygen atoms in total. The summed E-state index contributed by atoms with van der Waals surface area (Å²) in [6.45, 7) is 4.46. The van der Waals surface area contributed by atoms with Crippen LogP contribution < -0.4 is 5.73 Å². The Balaban J connectivity index is 2.17. The first-order chi connectivity index (χ1) is 7.33. The van der Waals surface area contributed by atoms with Crippen molar-refractivity contribution in [1.29, 1.82) is 0 Å². The largest absolute Gasteiger partial charge is 0.326 e. The van der Waals surface area contributed by atoms with Crippen LogP contribution in [-0.2, 0) is 0 Å². The van der Waals surface area contributed by atoms with E-state index in [1.165, 1.54) is 12.0 Å². The van der Waals surface area contributed by atoms with E-state index in [9.17, 15) is 0 Å². The van der Waals surface area contributed by atoms with Gasteiger partial charge in [0.05, 0.1) is 6.04 Å². The highest BCUT2D eigenvalue weighted by Gasteiger charge is 2.32. The Labute approximate surface area is 91.3 Å². The first-order valence-corrected chi connectivity index (χ1v) is 5.72. The average molecular weight is 205 g/mol. The molecule has 0 amide bonds. The Kier molecular flexibility index (Phi) is 3.34. The van der Waals surface area contributed by atoms with E-state index in [0.717, 1.165) is 19.5 Å². The van der Waals surface area contributed by atoms with Crippen molar-refractivity contribution >= 4 is 0 Å². The minimum absolute atomic E-state index is 0.265. The summed E-state index contributed by atoms with van der Waals surface area (Å²) in [5.41, 5.74) is 7.42. The molecule has 2 rings (SSSR count). The molecule has 0 saturated carbocycles. The summed E-state index contributed by atoms with van der Waals surface area (Å²) < 4.78 is 0. The molecule has 0 radical (unpaired) electrons. The molecule has 1 aromatic heterocycles. The molecule has 2 atom stereocenters. The fraction of sp³-hybridized carbons (Fsp3) is 0.583. The van der Waals surface area contributed by atoms with Gasteiger partial charge in [0.2, 0.25) is 0 Å². The van der Waals surface area contributed by atoms with Gasteiger partial charge in [0, 0.05) is 25.0 Å². The molecule has 2 heterocycles. The molecular weight excluding hydrogens is 186 g/mol. The summed E-state index contributed by atoms with van der Waals surface area (Å²) in [5.74, 6) is 0.